The maximum Gasteiger partial charge on any atom is 0.424 e. The molecule has 176 valence electrons. The number of carbonyl (C=O) groups is 2. The van der Waals surface area contributed by atoms with Crippen LogP contribution in [-0.4, -0.2) is 55.6 Å². The molecule has 0 aliphatic carbocycles. The standard InChI is InChI=1S/C24H28N2O6S/c1-16-9-11-18(12-10-16)33(29,30)26-20-14-25(15-21(20)31-23(26)28)19-8-6-5-7-17(19)13-22(27)32-24(2,3)4/h5-12,20-21H,13-15H2,1-4H3/t20-,21+/m0/s1. The molecule has 9 heteroatoms. The van der Waals surface area contributed by atoms with Crippen LogP contribution in [0, 0.1) is 6.92 Å². The summed E-state index contributed by atoms with van der Waals surface area (Å²) in [6.45, 7) is 7.91. The van der Waals surface area contributed by atoms with E-state index < -0.39 is 33.9 Å². The van der Waals surface area contributed by atoms with Crippen LogP contribution in [0.15, 0.2) is 53.4 Å². The van der Waals surface area contributed by atoms with Crippen LogP contribution in [0.1, 0.15) is 31.9 Å². The summed E-state index contributed by atoms with van der Waals surface area (Å²) in [7, 11) is -4.06. The molecule has 2 aliphatic heterocycles. The zero-order valence-electron chi connectivity index (χ0n) is 19.1. The SMILES string of the molecule is Cc1ccc(S(=O)(=O)N2C(=O)O[C@@H]3CN(c4ccccc4CC(=O)OC(C)(C)C)C[C@@H]32)cc1. The first-order valence-electron chi connectivity index (χ1n) is 10.8. The van der Waals surface area contributed by atoms with E-state index in [0.717, 1.165) is 21.1 Å². The van der Waals surface area contributed by atoms with E-state index in [4.69, 9.17) is 9.47 Å². The topological polar surface area (TPSA) is 93.2 Å². The summed E-state index contributed by atoms with van der Waals surface area (Å²) in [6.07, 6.45) is -1.36. The van der Waals surface area contributed by atoms with Gasteiger partial charge in [-0.3, -0.25) is 4.79 Å². The molecule has 2 aromatic carbocycles. The van der Waals surface area contributed by atoms with Gasteiger partial charge in [-0.25, -0.2) is 13.2 Å². The number of rotatable bonds is 5. The molecule has 0 bridgehead atoms. The molecule has 1 amide bonds. The van der Waals surface area contributed by atoms with Crippen LogP contribution >= 0.6 is 0 Å². The Bertz CT molecular complexity index is 1170. The second-order valence-corrected chi connectivity index (χ2v) is 11.2. The van der Waals surface area contributed by atoms with E-state index in [9.17, 15) is 18.0 Å². The van der Waals surface area contributed by atoms with Crippen molar-refractivity contribution in [2.24, 2.45) is 0 Å². The maximum atomic E-state index is 13.2. The van der Waals surface area contributed by atoms with Gasteiger partial charge in [0.15, 0.2) is 0 Å². The van der Waals surface area contributed by atoms with Gasteiger partial charge in [-0.05, 0) is 51.5 Å². The van der Waals surface area contributed by atoms with Crippen LogP contribution < -0.4 is 4.90 Å². The van der Waals surface area contributed by atoms with Crippen molar-refractivity contribution in [3.05, 3.63) is 59.7 Å². The van der Waals surface area contributed by atoms with Gasteiger partial charge in [-0.2, -0.15) is 4.31 Å². The zero-order chi connectivity index (χ0) is 24.0. The lowest BCUT2D eigenvalue weighted by Crippen LogP contribution is -2.42. The van der Waals surface area contributed by atoms with Gasteiger partial charge in [0.2, 0.25) is 0 Å². The van der Waals surface area contributed by atoms with Crippen LogP contribution in [0.4, 0.5) is 10.5 Å². The van der Waals surface area contributed by atoms with Gasteiger partial charge >= 0.3 is 12.1 Å². The average Bonchev–Trinajstić information content (AvgIpc) is 3.23. The van der Waals surface area contributed by atoms with Gasteiger partial charge in [0.1, 0.15) is 17.7 Å². The average molecular weight is 473 g/mol. The predicted octanol–water partition coefficient (Wildman–Crippen LogP) is 3.28. The Morgan fingerprint density at radius 3 is 2.42 bits per heavy atom. The number of sulfonamides is 1. The van der Waals surface area contributed by atoms with Gasteiger partial charge in [0.05, 0.1) is 17.9 Å². The number of esters is 1. The second kappa shape index (κ2) is 8.37. The van der Waals surface area contributed by atoms with Gasteiger partial charge in [0.25, 0.3) is 10.0 Å². The van der Waals surface area contributed by atoms with Crippen LogP contribution in [0.2, 0.25) is 0 Å². The van der Waals surface area contributed by atoms with E-state index in [-0.39, 0.29) is 23.8 Å². The summed E-state index contributed by atoms with van der Waals surface area (Å²) < 4.78 is 38.2. The number of benzene rings is 2. The molecule has 0 spiro atoms. The maximum absolute atomic E-state index is 13.2. The van der Waals surface area contributed by atoms with Crippen molar-refractivity contribution in [3.63, 3.8) is 0 Å². The summed E-state index contributed by atoms with van der Waals surface area (Å²) >= 11 is 0. The summed E-state index contributed by atoms with van der Waals surface area (Å²) in [5, 5.41) is 0. The number of amides is 1. The minimum absolute atomic E-state index is 0.0504. The normalized spacial score (nSPS) is 20.5. The Kier molecular flexibility index (Phi) is 5.86. The fourth-order valence-corrected chi connectivity index (χ4v) is 5.72. The third kappa shape index (κ3) is 4.68. The van der Waals surface area contributed by atoms with Crippen molar-refractivity contribution < 1.29 is 27.5 Å². The third-order valence-corrected chi connectivity index (χ3v) is 7.44. The minimum atomic E-state index is -4.06. The Balaban J connectivity index is 1.57. The number of anilines is 1. The quantitative estimate of drug-likeness (QED) is 0.617. The van der Waals surface area contributed by atoms with Crippen LogP contribution in [-0.2, 0) is 30.7 Å². The lowest BCUT2D eigenvalue weighted by Gasteiger charge is -2.25. The van der Waals surface area contributed by atoms with Crippen molar-refractivity contribution in [3.8, 4) is 0 Å². The Morgan fingerprint density at radius 2 is 1.76 bits per heavy atom. The second-order valence-electron chi connectivity index (χ2n) is 9.40. The highest BCUT2D eigenvalue weighted by Crippen LogP contribution is 2.35. The summed E-state index contributed by atoms with van der Waals surface area (Å²) in [6, 6.07) is 13.1. The summed E-state index contributed by atoms with van der Waals surface area (Å²) in [5.74, 6) is -0.343. The molecule has 2 heterocycles. The van der Waals surface area contributed by atoms with E-state index in [1.807, 2.05) is 56.9 Å². The number of para-hydroxylation sites is 1. The highest BCUT2D eigenvalue weighted by Gasteiger charge is 2.53. The number of carbonyl (C=O) groups excluding carboxylic acids is 2. The molecule has 2 saturated heterocycles. The van der Waals surface area contributed by atoms with Crippen molar-refractivity contribution in [2.45, 2.75) is 56.8 Å². The third-order valence-electron chi connectivity index (χ3n) is 5.64. The molecule has 0 N–H and O–H groups in total. The van der Waals surface area contributed by atoms with E-state index in [1.54, 1.807) is 12.1 Å². The minimum Gasteiger partial charge on any atom is -0.460 e. The summed E-state index contributed by atoms with van der Waals surface area (Å²) in [5.41, 5.74) is 1.90. The van der Waals surface area contributed by atoms with E-state index in [0.29, 0.717) is 6.54 Å². The van der Waals surface area contributed by atoms with Crippen LogP contribution in [0.25, 0.3) is 0 Å². The molecule has 2 atom stereocenters. The molecular formula is C24H28N2O6S. The highest BCUT2D eigenvalue weighted by molar-refractivity contribution is 7.89. The highest BCUT2D eigenvalue weighted by atomic mass is 32.2. The first kappa shape index (κ1) is 23.1. The molecule has 0 radical (unpaired) electrons. The first-order chi connectivity index (χ1) is 15.5. The van der Waals surface area contributed by atoms with Gasteiger partial charge < -0.3 is 14.4 Å². The largest absolute Gasteiger partial charge is 0.460 e. The van der Waals surface area contributed by atoms with Gasteiger partial charge in [-0.1, -0.05) is 35.9 Å². The fourth-order valence-electron chi connectivity index (χ4n) is 4.21. The smallest absolute Gasteiger partial charge is 0.424 e. The molecule has 0 aromatic heterocycles. The molecule has 0 unspecified atom stereocenters. The van der Waals surface area contributed by atoms with Crippen molar-refractivity contribution in [1.82, 2.24) is 4.31 Å². The van der Waals surface area contributed by atoms with E-state index in [2.05, 4.69) is 0 Å². The van der Waals surface area contributed by atoms with Crippen molar-refractivity contribution >= 4 is 27.8 Å². The lowest BCUT2D eigenvalue weighted by molar-refractivity contribution is -0.153. The zero-order valence-corrected chi connectivity index (χ0v) is 20.0. The first-order valence-corrected chi connectivity index (χ1v) is 12.3. The number of ether oxygens (including phenoxy) is 2. The van der Waals surface area contributed by atoms with Crippen LogP contribution in [0.5, 0.6) is 0 Å². The van der Waals surface area contributed by atoms with Crippen LogP contribution in [0.3, 0.4) is 0 Å². The summed E-state index contributed by atoms with van der Waals surface area (Å²) in [4.78, 5) is 26.9. The molecule has 8 nitrogen and oxygen atoms in total. The molecule has 0 saturated carbocycles. The molecule has 2 fully saturated rings. The van der Waals surface area contributed by atoms with E-state index >= 15 is 0 Å². The number of fused-ring (bicyclic) bond motifs is 1. The monoisotopic (exact) mass is 472 g/mol. The molecule has 4 rings (SSSR count). The fraction of sp³-hybridized carbons (Fsp3) is 0.417. The number of hydrogen-bond acceptors (Lipinski definition) is 7. The van der Waals surface area contributed by atoms with Gasteiger partial charge in [-0.15, -0.1) is 0 Å². The molecule has 2 aliphatic rings. The number of hydrogen-bond donors (Lipinski definition) is 0. The molecule has 33 heavy (non-hydrogen) atoms. The lowest BCUT2D eigenvalue weighted by atomic mass is 10.1. The Labute approximate surface area is 194 Å². The number of nitrogens with zero attached hydrogens (tertiary/aromatic N) is 2. The molecular weight excluding hydrogens is 444 g/mol. The molecule has 2 aromatic rings. The Hall–Kier alpha value is -3.07. The van der Waals surface area contributed by atoms with Crippen molar-refractivity contribution in [2.75, 3.05) is 18.0 Å². The van der Waals surface area contributed by atoms with Crippen molar-refractivity contribution in [1.29, 1.82) is 0 Å². The number of aryl methyl sites for hydroxylation is 1. The Morgan fingerprint density at radius 1 is 1.09 bits per heavy atom. The predicted molar refractivity (Wildman–Crippen MR) is 122 cm³/mol. The van der Waals surface area contributed by atoms with E-state index in [1.165, 1.54) is 12.1 Å². The van der Waals surface area contributed by atoms with Gasteiger partial charge in [0, 0.05) is 12.2 Å².